The zero-order valence-corrected chi connectivity index (χ0v) is 11.3. The highest BCUT2D eigenvalue weighted by Crippen LogP contribution is 2.28. The summed E-state index contributed by atoms with van der Waals surface area (Å²) in [5, 5.41) is 8.95. The van der Waals surface area contributed by atoms with Crippen LogP contribution in [0.4, 0.5) is 0 Å². The Morgan fingerprint density at radius 2 is 1.68 bits per heavy atom. The average Bonchev–Trinajstić information content (AvgIpc) is 2.29. The van der Waals surface area contributed by atoms with Crippen LogP contribution in [0, 0.1) is 20.8 Å². The molecule has 0 aliphatic rings. The molecule has 0 fully saturated rings. The highest BCUT2D eigenvalue weighted by Gasteiger charge is 2.15. The van der Waals surface area contributed by atoms with Crippen LogP contribution < -0.4 is 0 Å². The van der Waals surface area contributed by atoms with Gasteiger partial charge in [-0.25, -0.2) is 0 Å². The van der Waals surface area contributed by atoms with Gasteiger partial charge in [-0.3, -0.25) is 14.8 Å². The van der Waals surface area contributed by atoms with Gasteiger partial charge in [0.05, 0.1) is 17.8 Å². The van der Waals surface area contributed by atoms with Crippen LogP contribution in [0.1, 0.15) is 22.4 Å². The van der Waals surface area contributed by atoms with E-state index in [0.717, 1.165) is 16.7 Å². The first kappa shape index (κ1) is 13.2. The fourth-order valence-electron chi connectivity index (χ4n) is 2.40. The molecule has 0 amide bonds. The summed E-state index contributed by atoms with van der Waals surface area (Å²) in [5.74, 6) is -0.899. The SMILES string of the molecule is Cc1cc(C)c(-c2nccnc2CC(=O)O)c(C)c1. The molecule has 0 atom stereocenters. The number of rotatable bonds is 3. The molecule has 0 radical (unpaired) electrons. The van der Waals surface area contributed by atoms with Crippen molar-refractivity contribution in [3.63, 3.8) is 0 Å². The standard InChI is InChI=1S/C15H16N2O2/c1-9-6-10(2)14(11(3)7-9)15-12(8-13(18)19)16-4-5-17-15/h4-7H,8H2,1-3H3,(H,18,19). The van der Waals surface area contributed by atoms with Crippen molar-refractivity contribution in [2.45, 2.75) is 27.2 Å². The van der Waals surface area contributed by atoms with E-state index in [0.29, 0.717) is 11.4 Å². The van der Waals surface area contributed by atoms with Crippen LogP contribution in [0.25, 0.3) is 11.3 Å². The summed E-state index contributed by atoms with van der Waals surface area (Å²) in [5.41, 5.74) is 5.51. The Hall–Kier alpha value is -2.23. The van der Waals surface area contributed by atoms with Crippen LogP contribution >= 0.6 is 0 Å². The first-order chi connectivity index (χ1) is 8.99. The van der Waals surface area contributed by atoms with E-state index in [1.807, 2.05) is 20.8 Å². The molecule has 19 heavy (non-hydrogen) atoms. The van der Waals surface area contributed by atoms with Gasteiger partial charge in [0.1, 0.15) is 0 Å². The van der Waals surface area contributed by atoms with Crippen molar-refractivity contribution in [1.29, 1.82) is 0 Å². The van der Waals surface area contributed by atoms with E-state index >= 15 is 0 Å². The lowest BCUT2D eigenvalue weighted by molar-refractivity contribution is -0.136. The summed E-state index contributed by atoms with van der Waals surface area (Å²) >= 11 is 0. The van der Waals surface area contributed by atoms with E-state index in [-0.39, 0.29) is 6.42 Å². The molecule has 0 unspecified atom stereocenters. The number of aliphatic carboxylic acids is 1. The van der Waals surface area contributed by atoms with Crippen LogP contribution in [0.3, 0.4) is 0 Å². The maximum absolute atomic E-state index is 10.9. The molecule has 0 saturated carbocycles. The van der Waals surface area contributed by atoms with E-state index in [9.17, 15) is 4.79 Å². The minimum absolute atomic E-state index is 0.115. The smallest absolute Gasteiger partial charge is 0.309 e. The van der Waals surface area contributed by atoms with Crippen molar-refractivity contribution in [3.8, 4) is 11.3 Å². The summed E-state index contributed by atoms with van der Waals surface area (Å²) in [6, 6.07) is 4.14. The zero-order chi connectivity index (χ0) is 14.0. The molecule has 0 spiro atoms. The molecule has 4 nitrogen and oxygen atoms in total. The van der Waals surface area contributed by atoms with Gasteiger partial charge in [0.25, 0.3) is 0 Å². The van der Waals surface area contributed by atoms with Crippen LogP contribution in [0.5, 0.6) is 0 Å². The topological polar surface area (TPSA) is 63.1 Å². The molecule has 98 valence electrons. The Morgan fingerprint density at radius 3 is 2.26 bits per heavy atom. The number of carboxylic acids is 1. The Balaban J connectivity index is 2.62. The van der Waals surface area contributed by atoms with Crippen molar-refractivity contribution in [1.82, 2.24) is 9.97 Å². The van der Waals surface area contributed by atoms with E-state index in [1.165, 1.54) is 11.8 Å². The molecular weight excluding hydrogens is 240 g/mol. The number of nitrogens with zero attached hydrogens (tertiary/aromatic N) is 2. The second kappa shape index (κ2) is 5.18. The molecule has 0 saturated heterocycles. The minimum Gasteiger partial charge on any atom is -0.481 e. The predicted molar refractivity (Wildman–Crippen MR) is 73.0 cm³/mol. The first-order valence-corrected chi connectivity index (χ1v) is 6.09. The maximum atomic E-state index is 10.9. The largest absolute Gasteiger partial charge is 0.481 e. The highest BCUT2D eigenvalue weighted by molar-refractivity contribution is 5.76. The monoisotopic (exact) mass is 256 g/mol. The Morgan fingerprint density at radius 1 is 1.11 bits per heavy atom. The van der Waals surface area contributed by atoms with Gasteiger partial charge >= 0.3 is 5.97 Å². The van der Waals surface area contributed by atoms with Crippen molar-refractivity contribution in [3.05, 3.63) is 46.9 Å². The van der Waals surface area contributed by atoms with Crippen molar-refractivity contribution in [2.75, 3.05) is 0 Å². The van der Waals surface area contributed by atoms with Gasteiger partial charge in [-0.2, -0.15) is 0 Å². The number of hydrogen-bond donors (Lipinski definition) is 1. The van der Waals surface area contributed by atoms with Gasteiger partial charge in [0, 0.05) is 18.0 Å². The highest BCUT2D eigenvalue weighted by atomic mass is 16.4. The van der Waals surface area contributed by atoms with Gasteiger partial charge in [0.15, 0.2) is 0 Å². The second-order valence-corrected chi connectivity index (χ2v) is 4.70. The summed E-state index contributed by atoms with van der Waals surface area (Å²) in [7, 11) is 0. The van der Waals surface area contributed by atoms with E-state index in [4.69, 9.17) is 5.11 Å². The van der Waals surface area contributed by atoms with Crippen LogP contribution in [0.15, 0.2) is 24.5 Å². The molecule has 0 aliphatic carbocycles. The van der Waals surface area contributed by atoms with E-state index < -0.39 is 5.97 Å². The molecule has 2 aromatic rings. The molecule has 1 N–H and O–H groups in total. The molecule has 2 rings (SSSR count). The Bertz CT molecular complexity index is 613. The van der Waals surface area contributed by atoms with Crippen LogP contribution in [-0.4, -0.2) is 21.0 Å². The van der Waals surface area contributed by atoms with Gasteiger partial charge in [-0.1, -0.05) is 17.7 Å². The van der Waals surface area contributed by atoms with Crippen molar-refractivity contribution in [2.24, 2.45) is 0 Å². The Kier molecular flexibility index (Phi) is 3.60. The molecule has 4 heteroatoms. The van der Waals surface area contributed by atoms with Crippen molar-refractivity contribution < 1.29 is 9.90 Å². The molecule has 1 heterocycles. The fourth-order valence-corrected chi connectivity index (χ4v) is 2.40. The van der Waals surface area contributed by atoms with Gasteiger partial charge < -0.3 is 5.11 Å². The third kappa shape index (κ3) is 2.78. The summed E-state index contributed by atoms with van der Waals surface area (Å²) in [4.78, 5) is 19.4. The van der Waals surface area contributed by atoms with Gasteiger partial charge in [-0.15, -0.1) is 0 Å². The second-order valence-electron chi connectivity index (χ2n) is 4.70. The normalized spacial score (nSPS) is 10.5. The summed E-state index contributed by atoms with van der Waals surface area (Å²) in [6.07, 6.45) is 3.01. The third-order valence-corrected chi connectivity index (χ3v) is 3.01. The number of carboxylic acid groups (broad SMARTS) is 1. The van der Waals surface area contributed by atoms with E-state index in [2.05, 4.69) is 22.1 Å². The maximum Gasteiger partial charge on any atom is 0.309 e. The number of hydrogen-bond acceptors (Lipinski definition) is 3. The zero-order valence-electron chi connectivity index (χ0n) is 11.3. The molecule has 0 aliphatic heterocycles. The predicted octanol–water partition coefficient (Wildman–Crippen LogP) is 2.70. The lowest BCUT2D eigenvalue weighted by Crippen LogP contribution is -2.06. The summed E-state index contributed by atoms with van der Waals surface area (Å²) < 4.78 is 0. The molecular formula is C15H16N2O2. The van der Waals surface area contributed by atoms with Crippen LogP contribution in [-0.2, 0) is 11.2 Å². The number of carbonyl (C=O) groups is 1. The quantitative estimate of drug-likeness (QED) is 0.917. The first-order valence-electron chi connectivity index (χ1n) is 6.09. The fraction of sp³-hybridized carbons (Fsp3) is 0.267. The van der Waals surface area contributed by atoms with Crippen LogP contribution in [0.2, 0.25) is 0 Å². The van der Waals surface area contributed by atoms with Gasteiger partial charge in [0.2, 0.25) is 0 Å². The number of aromatic nitrogens is 2. The molecule has 1 aromatic heterocycles. The lowest BCUT2D eigenvalue weighted by atomic mass is 9.95. The number of benzene rings is 1. The molecule has 1 aromatic carbocycles. The molecule has 0 bridgehead atoms. The Labute approximate surface area is 112 Å². The summed E-state index contributed by atoms with van der Waals surface area (Å²) in [6.45, 7) is 6.06. The number of aryl methyl sites for hydroxylation is 3. The minimum atomic E-state index is -0.899. The third-order valence-electron chi connectivity index (χ3n) is 3.01. The average molecular weight is 256 g/mol. The van der Waals surface area contributed by atoms with E-state index in [1.54, 1.807) is 6.20 Å². The van der Waals surface area contributed by atoms with Crippen molar-refractivity contribution >= 4 is 5.97 Å². The van der Waals surface area contributed by atoms with Gasteiger partial charge in [-0.05, 0) is 31.9 Å². The lowest BCUT2D eigenvalue weighted by Gasteiger charge is -2.13.